The second-order valence-corrected chi connectivity index (χ2v) is 6.36. The summed E-state index contributed by atoms with van der Waals surface area (Å²) in [6, 6.07) is 0. The summed E-state index contributed by atoms with van der Waals surface area (Å²) >= 11 is 5.50. The maximum Gasteiger partial charge on any atom is 0.222 e. The molecule has 0 bridgehead atoms. The first-order valence-electron chi connectivity index (χ1n) is 5.09. The molecule has 4 nitrogen and oxygen atoms in total. The standard InChI is InChI=1S/C9H16ClNO3S/c10-4-2-1-3-9(12)11-5-7-15(13,14)8-6-11/h1-8H2. The zero-order valence-corrected chi connectivity index (χ0v) is 10.2. The van der Waals surface area contributed by atoms with Crippen LogP contribution in [-0.4, -0.2) is 49.7 Å². The minimum Gasteiger partial charge on any atom is -0.341 e. The quantitative estimate of drug-likeness (QED) is 0.546. The van der Waals surface area contributed by atoms with Crippen LogP contribution in [0.1, 0.15) is 19.3 Å². The summed E-state index contributed by atoms with van der Waals surface area (Å²) < 4.78 is 22.2. The van der Waals surface area contributed by atoms with Gasteiger partial charge in [-0.1, -0.05) is 0 Å². The van der Waals surface area contributed by atoms with Crippen molar-refractivity contribution in [3.63, 3.8) is 0 Å². The fourth-order valence-electron chi connectivity index (χ4n) is 1.49. The number of unbranched alkanes of at least 4 members (excludes halogenated alkanes) is 1. The van der Waals surface area contributed by atoms with Crippen LogP contribution in [0, 0.1) is 0 Å². The van der Waals surface area contributed by atoms with E-state index in [0.29, 0.717) is 25.4 Å². The van der Waals surface area contributed by atoms with Gasteiger partial charge in [-0.25, -0.2) is 8.42 Å². The Hall–Kier alpha value is -0.290. The van der Waals surface area contributed by atoms with E-state index >= 15 is 0 Å². The predicted molar refractivity (Wildman–Crippen MR) is 59.8 cm³/mol. The summed E-state index contributed by atoms with van der Waals surface area (Å²) in [5.74, 6) is 0.833. The Morgan fingerprint density at radius 2 is 1.80 bits per heavy atom. The average molecular weight is 254 g/mol. The Labute approximate surface area is 95.5 Å². The van der Waals surface area contributed by atoms with Gasteiger partial charge in [-0.2, -0.15) is 0 Å². The summed E-state index contributed by atoms with van der Waals surface area (Å²) in [6.45, 7) is 0.698. The van der Waals surface area contributed by atoms with E-state index in [-0.39, 0.29) is 17.4 Å². The van der Waals surface area contributed by atoms with Crippen molar-refractivity contribution in [3.8, 4) is 0 Å². The molecule has 1 fully saturated rings. The SMILES string of the molecule is O=C(CCCCCl)N1CCS(=O)(=O)CC1. The molecule has 88 valence electrons. The number of alkyl halides is 1. The monoisotopic (exact) mass is 253 g/mol. The van der Waals surface area contributed by atoms with E-state index in [2.05, 4.69) is 0 Å². The molecule has 1 saturated heterocycles. The first kappa shape index (κ1) is 12.8. The lowest BCUT2D eigenvalue weighted by Gasteiger charge is -2.26. The van der Waals surface area contributed by atoms with E-state index in [4.69, 9.17) is 11.6 Å². The molecular weight excluding hydrogens is 238 g/mol. The van der Waals surface area contributed by atoms with Gasteiger partial charge in [0.1, 0.15) is 0 Å². The number of carbonyl (C=O) groups excluding carboxylic acids is 1. The summed E-state index contributed by atoms with van der Waals surface area (Å²) in [7, 11) is -2.89. The Balaban J connectivity index is 2.30. The fraction of sp³-hybridized carbons (Fsp3) is 0.889. The van der Waals surface area contributed by atoms with Crippen LogP contribution in [0.2, 0.25) is 0 Å². The second kappa shape index (κ2) is 5.70. The van der Waals surface area contributed by atoms with Gasteiger partial charge in [0, 0.05) is 25.4 Å². The van der Waals surface area contributed by atoms with Crippen molar-refractivity contribution >= 4 is 27.3 Å². The van der Waals surface area contributed by atoms with Crippen LogP contribution in [0.5, 0.6) is 0 Å². The molecule has 0 aromatic carbocycles. The minimum atomic E-state index is -2.89. The number of halogens is 1. The predicted octanol–water partition coefficient (Wildman–Crippen LogP) is 0.653. The van der Waals surface area contributed by atoms with Crippen molar-refractivity contribution < 1.29 is 13.2 Å². The van der Waals surface area contributed by atoms with Crippen LogP contribution in [-0.2, 0) is 14.6 Å². The molecule has 0 spiro atoms. The number of amides is 1. The first-order valence-corrected chi connectivity index (χ1v) is 7.45. The lowest BCUT2D eigenvalue weighted by Crippen LogP contribution is -2.43. The van der Waals surface area contributed by atoms with Gasteiger partial charge in [-0.05, 0) is 12.8 Å². The number of sulfone groups is 1. The highest BCUT2D eigenvalue weighted by Crippen LogP contribution is 2.07. The fourth-order valence-corrected chi connectivity index (χ4v) is 2.88. The molecule has 0 atom stereocenters. The molecule has 0 saturated carbocycles. The van der Waals surface area contributed by atoms with Crippen molar-refractivity contribution in [1.29, 1.82) is 0 Å². The highest BCUT2D eigenvalue weighted by Gasteiger charge is 2.24. The first-order chi connectivity index (χ1) is 7.05. The van der Waals surface area contributed by atoms with Crippen LogP contribution in [0.25, 0.3) is 0 Å². The Morgan fingerprint density at radius 3 is 2.33 bits per heavy atom. The van der Waals surface area contributed by atoms with E-state index in [1.807, 2.05) is 0 Å². The summed E-state index contributed by atoms with van der Waals surface area (Å²) in [5, 5.41) is 0. The average Bonchev–Trinajstić information content (AvgIpc) is 2.18. The lowest BCUT2D eigenvalue weighted by atomic mass is 10.2. The molecule has 0 unspecified atom stereocenters. The number of hydrogen-bond donors (Lipinski definition) is 0. The van der Waals surface area contributed by atoms with Crippen LogP contribution in [0.15, 0.2) is 0 Å². The third kappa shape index (κ3) is 4.38. The molecule has 1 aliphatic heterocycles. The molecule has 0 aromatic rings. The largest absolute Gasteiger partial charge is 0.341 e. The Kier molecular flexibility index (Phi) is 4.86. The molecule has 15 heavy (non-hydrogen) atoms. The zero-order valence-electron chi connectivity index (χ0n) is 8.62. The topological polar surface area (TPSA) is 54.5 Å². The highest BCUT2D eigenvalue weighted by molar-refractivity contribution is 7.91. The minimum absolute atomic E-state index is 0.0509. The van der Waals surface area contributed by atoms with E-state index in [9.17, 15) is 13.2 Å². The van der Waals surface area contributed by atoms with Gasteiger partial charge in [0.25, 0.3) is 0 Å². The van der Waals surface area contributed by atoms with E-state index in [0.717, 1.165) is 12.8 Å². The van der Waals surface area contributed by atoms with Gasteiger partial charge < -0.3 is 4.90 Å². The van der Waals surface area contributed by atoms with Crippen molar-refractivity contribution in [3.05, 3.63) is 0 Å². The second-order valence-electron chi connectivity index (χ2n) is 3.68. The maximum absolute atomic E-state index is 11.6. The number of rotatable bonds is 4. The Bertz CT molecular complexity index is 301. The molecular formula is C9H16ClNO3S. The van der Waals surface area contributed by atoms with Crippen molar-refractivity contribution in [2.75, 3.05) is 30.5 Å². The Morgan fingerprint density at radius 1 is 1.20 bits per heavy atom. The summed E-state index contributed by atoms with van der Waals surface area (Å²) in [6.07, 6.45) is 2.10. The van der Waals surface area contributed by atoms with Gasteiger partial charge in [-0.3, -0.25) is 4.79 Å². The van der Waals surface area contributed by atoms with Gasteiger partial charge in [-0.15, -0.1) is 11.6 Å². The molecule has 1 rings (SSSR count). The van der Waals surface area contributed by atoms with Gasteiger partial charge in [0.2, 0.25) is 5.91 Å². The maximum atomic E-state index is 11.6. The molecule has 1 heterocycles. The molecule has 1 aliphatic rings. The van der Waals surface area contributed by atoms with Crippen LogP contribution >= 0.6 is 11.6 Å². The zero-order chi connectivity index (χ0) is 11.3. The van der Waals surface area contributed by atoms with Crippen molar-refractivity contribution in [2.24, 2.45) is 0 Å². The van der Waals surface area contributed by atoms with Crippen molar-refractivity contribution in [1.82, 2.24) is 4.90 Å². The number of hydrogen-bond acceptors (Lipinski definition) is 3. The van der Waals surface area contributed by atoms with E-state index in [1.165, 1.54) is 0 Å². The molecule has 0 aliphatic carbocycles. The van der Waals surface area contributed by atoms with E-state index < -0.39 is 9.84 Å². The molecule has 0 N–H and O–H groups in total. The molecule has 0 radical (unpaired) electrons. The van der Waals surface area contributed by atoms with Crippen molar-refractivity contribution in [2.45, 2.75) is 19.3 Å². The molecule has 1 amide bonds. The third-order valence-electron chi connectivity index (χ3n) is 2.47. The smallest absolute Gasteiger partial charge is 0.222 e. The lowest BCUT2D eigenvalue weighted by molar-refractivity contribution is -0.130. The van der Waals surface area contributed by atoms with Gasteiger partial charge in [0.15, 0.2) is 9.84 Å². The highest BCUT2D eigenvalue weighted by atomic mass is 35.5. The number of nitrogens with zero attached hydrogens (tertiary/aromatic N) is 1. The van der Waals surface area contributed by atoms with Crippen LogP contribution in [0.3, 0.4) is 0 Å². The normalized spacial score (nSPS) is 20.2. The van der Waals surface area contributed by atoms with Crippen LogP contribution < -0.4 is 0 Å². The van der Waals surface area contributed by atoms with Gasteiger partial charge in [0.05, 0.1) is 11.5 Å². The number of carbonyl (C=O) groups is 1. The summed E-state index contributed by atoms with van der Waals surface area (Å²) in [5.41, 5.74) is 0. The molecule has 0 aromatic heterocycles. The third-order valence-corrected chi connectivity index (χ3v) is 4.35. The van der Waals surface area contributed by atoms with E-state index in [1.54, 1.807) is 4.90 Å². The summed E-state index contributed by atoms with van der Waals surface area (Å²) in [4.78, 5) is 13.2. The molecule has 6 heteroatoms. The van der Waals surface area contributed by atoms with Crippen LogP contribution in [0.4, 0.5) is 0 Å². The van der Waals surface area contributed by atoms with Gasteiger partial charge >= 0.3 is 0 Å².